The summed E-state index contributed by atoms with van der Waals surface area (Å²) in [4.78, 5) is 32.2. The molecule has 2 fully saturated rings. The Morgan fingerprint density at radius 1 is 1.05 bits per heavy atom. The Labute approximate surface area is 226 Å². The van der Waals surface area contributed by atoms with Gasteiger partial charge in [-0.2, -0.15) is 0 Å². The number of fused-ring (bicyclic) bond motifs is 2. The number of benzene rings is 1. The van der Waals surface area contributed by atoms with Crippen LogP contribution in [0.5, 0.6) is 0 Å². The highest BCUT2D eigenvalue weighted by molar-refractivity contribution is 7.16. The lowest BCUT2D eigenvalue weighted by atomic mass is 9.85. The van der Waals surface area contributed by atoms with Gasteiger partial charge in [0.25, 0.3) is 0 Å². The third kappa shape index (κ3) is 4.65. The SMILES string of the molecule is O=C(N1CC=C(c2cc3c(Nc4ccc5ncsc5c4)ccnc3[nH]2)CC1)N1CCN(CC2CCC2)CC1. The van der Waals surface area contributed by atoms with Crippen LogP contribution in [0.2, 0.25) is 0 Å². The lowest BCUT2D eigenvalue weighted by molar-refractivity contribution is 0.0960. The molecule has 0 spiro atoms. The van der Waals surface area contributed by atoms with E-state index in [-0.39, 0.29) is 6.03 Å². The van der Waals surface area contributed by atoms with Crippen LogP contribution in [0.1, 0.15) is 31.4 Å². The van der Waals surface area contributed by atoms with E-state index in [1.807, 2.05) is 33.6 Å². The van der Waals surface area contributed by atoms with Gasteiger partial charge in [0.15, 0.2) is 0 Å². The molecule has 9 heteroatoms. The molecule has 3 aromatic heterocycles. The van der Waals surface area contributed by atoms with E-state index in [0.717, 1.165) is 83.4 Å². The summed E-state index contributed by atoms with van der Waals surface area (Å²) in [6.45, 7) is 6.32. The van der Waals surface area contributed by atoms with Gasteiger partial charge in [0.1, 0.15) is 5.65 Å². The maximum absolute atomic E-state index is 13.2. The first kappa shape index (κ1) is 23.7. The molecule has 3 aliphatic rings. The van der Waals surface area contributed by atoms with E-state index < -0.39 is 0 Å². The molecule has 5 heterocycles. The Morgan fingerprint density at radius 3 is 2.74 bits per heavy atom. The lowest BCUT2D eigenvalue weighted by Crippen LogP contribution is -2.54. The van der Waals surface area contributed by atoms with Crippen molar-refractivity contribution in [3.05, 3.63) is 53.8 Å². The average Bonchev–Trinajstić information content (AvgIpc) is 3.58. The van der Waals surface area contributed by atoms with E-state index in [2.05, 4.69) is 49.4 Å². The molecular weight excluding hydrogens is 494 g/mol. The van der Waals surface area contributed by atoms with Gasteiger partial charge in [-0.3, -0.25) is 4.90 Å². The van der Waals surface area contributed by atoms with Crippen LogP contribution in [-0.4, -0.2) is 81.5 Å². The molecule has 2 N–H and O–H groups in total. The van der Waals surface area contributed by atoms with E-state index in [0.29, 0.717) is 6.54 Å². The molecule has 2 aliphatic heterocycles. The van der Waals surface area contributed by atoms with Gasteiger partial charge >= 0.3 is 6.03 Å². The van der Waals surface area contributed by atoms with Crippen molar-refractivity contribution in [1.29, 1.82) is 0 Å². The number of thiazole rings is 1. The highest BCUT2D eigenvalue weighted by Crippen LogP contribution is 2.32. The predicted molar refractivity (Wildman–Crippen MR) is 154 cm³/mol. The molecule has 8 nitrogen and oxygen atoms in total. The fourth-order valence-corrected chi connectivity index (χ4v) is 6.56. The van der Waals surface area contributed by atoms with E-state index in [1.165, 1.54) is 31.4 Å². The second-order valence-corrected chi connectivity index (χ2v) is 11.6. The van der Waals surface area contributed by atoms with E-state index >= 15 is 0 Å². The number of aromatic nitrogens is 3. The van der Waals surface area contributed by atoms with E-state index in [1.54, 1.807) is 11.3 Å². The van der Waals surface area contributed by atoms with Gasteiger partial charge in [0.05, 0.1) is 21.4 Å². The number of urea groups is 1. The number of aromatic amines is 1. The Bertz CT molecular complexity index is 1500. The van der Waals surface area contributed by atoms with Crippen LogP contribution < -0.4 is 5.32 Å². The molecule has 0 radical (unpaired) electrons. The zero-order valence-electron chi connectivity index (χ0n) is 21.5. The van der Waals surface area contributed by atoms with Gasteiger partial charge in [-0.1, -0.05) is 12.5 Å². The zero-order chi connectivity index (χ0) is 25.5. The number of carbonyl (C=O) groups is 1. The van der Waals surface area contributed by atoms with Crippen LogP contribution >= 0.6 is 11.3 Å². The molecule has 1 saturated carbocycles. The number of hydrogen-bond acceptors (Lipinski definition) is 6. The van der Waals surface area contributed by atoms with Gasteiger partial charge in [0, 0.05) is 68.8 Å². The summed E-state index contributed by atoms with van der Waals surface area (Å²) in [5, 5.41) is 4.62. The number of anilines is 2. The molecule has 1 saturated heterocycles. The number of nitrogens with zero attached hydrogens (tertiary/aromatic N) is 5. The first-order chi connectivity index (χ1) is 18.7. The average molecular weight is 528 g/mol. The molecule has 2 amide bonds. The van der Waals surface area contributed by atoms with Gasteiger partial charge in [-0.05, 0) is 61.1 Å². The molecular formula is C29H33N7OS. The molecule has 7 rings (SSSR count). The first-order valence-electron chi connectivity index (χ1n) is 13.7. The summed E-state index contributed by atoms with van der Waals surface area (Å²) in [6, 6.07) is 10.6. The van der Waals surface area contributed by atoms with Crippen LogP contribution in [0.3, 0.4) is 0 Å². The summed E-state index contributed by atoms with van der Waals surface area (Å²) in [7, 11) is 0. The molecule has 1 aromatic carbocycles. The number of amides is 2. The van der Waals surface area contributed by atoms with Crippen LogP contribution in [0.15, 0.2) is 48.1 Å². The van der Waals surface area contributed by atoms with Crippen LogP contribution in [0.4, 0.5) is 16.2 Å². The van der Waals surface area contributed by atoms with Gasteiger partial charge < -0.3 is 20.1 Å². The molecule has 1 aliphatic carbocycles. The van der Waals surface area contributed by atoms with E-state index in [4.69, 9.17) is 0 Å². The van der Waals surface area contributed by atoms with Crippen LogP contribution in [0, 0.1) is 5.92 Å². The number of hydrogen-bond donors (Lipinski definition) is 2. The molecule has 0 unspecified atom stereocenters. The smallest absolute Gasteiger partial charge is 0.320 e. The van der Waals surface area contributed by atoms with Gasteiger partial charge in [-0.15, -0.1) is 11.3 Å². The lowest BCUT2D eigenvalue weighted by Gasteiger charge is -2.40. The van der Waals surface area contributed by atoms with Gasteiger partial charge in [-0.25, -0.2) is 14.8 Å². The summed E-state index contributed by atoms with van der Waals surface area (Å²) in [6.07, 6.45) is 9.03. The van der Waals surface area contributed by atoms with Crippen LogP contribution in [0.25, 0.3) is 26.8 Å². The highest BCUT2D eigenvalue weighted by Gasteiger charge is 2.28. The largest absolute Gasteiger partial charge is 0.355 e. The van der Waals surface area contributed by atoms with Crippen molar-refractivity contribution in [2.45, 2.75) is 25.7 Å². The molecule has 38 heavy (non-hydrogen) atoms. The van der Waals surface area contributed by atoms with Gasteiger partial charge in [0.2, 0.25) is 0 Å². The van der Waals surface area contributed by atoms with Crippen molar-refractivity contribution >= 4 is 55.6 Å². The highest BCUT2D eigenvalue weighted by atomic mass is 32.1. The molecule has 196 valence electrons. The Hall–Kier alpha value is -3.43. The minimum atomic E-state index is 0.186. The Balaban J connectivity index is 1.01. The number of piperazine rings is 1. The fraction of sp³-hybridized carbons (Fsp3) is 0.414. The second-order valence-electron chi connectivity index (χ2n) is 10.8. The topological polar surface area (TPSA) is 80.4 Å². The van der Waals surface area contributed by atoms with Crippen molar-refractivity contribution in [2.75, 3.05) is 51.1 Å². The first-order valence-corrected chi connectivity index (χ1v) is 14.6. The monoisotopic (exact) mass is 527 g/mol. The number of nitrogens with one attached hydrogen (secondary N) is 2. The number of H-pyrrole nitrogens is 1. The van der Waals surface area contributed by atoms with Crippen LogP contribution in [-0.2, 0) is 0 Å². The van der Waals surface area contributed by atoms with E-state index in [9.17, 15) is 4.79 Å². The van der Waals surface area contributed by atoms with Crippen molar-refractivity contribution in [2.24, 2.45) is 5.92 Å². The number of pyridine rings is 1. The molecule has 4 aromatic rings. The predicted octanol–water partition coefficient (Wildman–Crippen LogP) is 5.54. The third-order valence-corrected chi connectivity index (χ3v) is 9.14. The minimum Gasteiger partial charge on any atom is -0.355 e. The quantitative estimate of drug-likeness (QED) is 0.356. The summed E-state index contributed by atoms with van der Waals surface area (Å²) in [5.74, 6) is 0.891. The maximum atomic E-state index is 13.2. The second kappa shape index (κ2) is 10.0. The molecule has 0 bridgehead atoms. The summed E-state index contributed by atoms with van der Waals surface area (Å²) in [5.41, 5.74) is 8.14. The fourth-order valence-electron chi connectivity index (χ4n) is 5.85. The van der Waals surface area contributed by atoms with Crippen molar-refractivity contribution < 1.29 is 4.79 Å². The normalized spacial score (nSPS) is 19.1. The Morgan fingerprint density at radius 2 is 1.95 bits per heavy atom. The third-order valence-electron chi connectivity index (χ3n) is 8.35. The minimum absolute atomic E-state index is 0.186. The maximum Gasteiger partial charge on any atom is 0.320 e. The summed E-state index contributed by atoms with van der Waals surface area (Å²) >= 11 is 1.64. The summed E-state index contributed by atoms with van der Waals surface area (Å²) < 4.78 is 1.16. The van der Waals surface area contributed by atoms with Crippen molar-refractivity contribution in [3.63, 3.8) is 0 Å². The van der Waals surface area contributed by atoms with Crippen molar-refractivity contribution in [3.8, 4) is 0 Å². The molecule has 0 atom stereocenters. The zero-order valence-corrected chi connectivity index (χ0v) is 22.3. The Kier molecular flexibility index (Phi) is 6.25. The number of carbonyl (C=O) groups excluding carboxylic acids is 1. The standard InChI is InChI=1S/C29H33N7OS/c37-29(36-14-12-34(13-15-36)18-20-2-1-3-20)35-10-7-21(8-11-35)26-17-23-24(6-9-30-28(23)33-26)32-22-4-5-25-27(16-22)38-19-31-25/h4-7,9,16-17,19-20H,1-3,8,10-15,18H2,(H2,30,32,33). The van der Waals surface area contributed by atoms with Crippen molar-refractivity contribution in [1.82, 2.24) is 29.7 Å². The number of rotatable bonds is 5.